The minimum Gasteiger partial charge on any atom is -0.352 e. The van der Waals surface area contributed by atoms with Crippen molar-refractivity contribution in [2.24, 2.45) is 11.7 Å². The molecule has 3 N–H and O–H groups in total. The standard InChI is InChI=1S/C15H27N3O.2ClH/c1-10-7-13(9-18(10)14-5-6-14)17-15(19)11-3-2-4-12(16)8-11;;/h10-14H,2-9,16H2,1H3,(H,17,19);2*1H. The lowest BCUT2D eigenvalue weighted by Crippen LogP contribution is -2.43. The molecule has 21 heavy (non-hydrogen) atoms. The van der Waals surface area contributed by atoms with E-state index in [9.17, 15) is 4.79 Å². The van der Waals surface area contributed by atoms with Gasteiger partial charge in [0.15, 0.2) is 0 Å². The van der Waals surface area contributed by atoms with Gasteiger partial charge >= 0.3 is 0 Å². The fourth-order valence-electron chi connectivity index (χ4n) is 3.86. The van der Waals surface area contributed by atoms with Crippen LogP contribution in [-0.2, 0) is 4.79 Å². The molecule has 0 spiro atoms. The Balaban J connectivity index is 0.00000110. The number of nitrogens with two attached hydrogens (primary N) is 1. The first-order valence-corrected chi connectivity index (χ1v) is 7.95. The van der Waals surface area contributed by atoms with E-state index in [0.717, 1.165) is 44.7 Å². The zero-order chi connectivity index (χ0) is 13.4. The van der Waals surface area contributed by atoms with Gasteiger partial charge in [-0.05, 0) is 45.4 Å². The number of halogens is 2. The number of carbonyl (C=O) groups is 1. The number of nitrogens with zero attached hydrogens (tertiary/aromatic N) is 1. The maximum Gasteiger partial charge on any atom is 0.223 e. The molecule has 1 saturated heterocycles. The molecular weight excluding hydrogens is 309 g/mol. The fraction of sp³-hybridized carbons (Fsp3) is 0.933. The van der Waals surface area contributed by atoms with Crippen molar-refractivity contribution < 1.29 is 4.79 Å². The summed E-state index contributed by atoms with van der Waals surface area (Å²) in [5, 5.41) is 3.28. The maximum absolute atomic E-state index is 12.3. The molecule has 2 aliphatic carbocycles. The molecule has 0 bridgehead atoms. The zero-order valence-corrected chi connectivity index (χ0v) is 14.4. The van der Waals surface area contributed by atoms with Crippen LogP contribution in [0.2, 0.25) is 0 Å². The summed E-state index contributed by atoms with van der Waals surface area (Å²) in [7, 11) is 0. The van der Waals surface area contributed by atoms with Crippen molar-refractivity contribution >= 4 is 30.7 Å². The second-order valence-electron chi connectivity index (χ2n) is 6.84. The van der Waals surface area contributed by atoms with Crippen molar-refractivity contribution in [1.29, 1.82) is 0 Å². The van der Waals surface area contributed by atoms with E-state index in [0.29, 0.717) is 12.1 Å². The maximum atomic E-state index is 12.3. The van der Waals surface area contributed by atoms with Crippen LogP contribution in [0.25, 0.3) is 0 Å². The number of nitrogens with one attached hydrogen (secondary N) is 1. The summed E-state index contributed by atoms with van der Waals surface area (Å²) >= 11 is 0. The van der Waals surface area contributed by atoms with Gasteiger partial charge in [-0.3, -0.25) is 9.69 Å². The summed E-state index contributed by atoms with van der Waals surface area (Å²) in [6.07, 6.45) is 7.90. The van der Waals surface area contributed by atoms with Gasteiger partial charge in [0.25, 0.3) is 0 Å². The largest absolute Gasteiger partial charge is 0.352 e. The second-order valence-corrected chi connectivity index (χ2v) is 6.84. The highest BCUT2D eigenvalue weighted by molar-refractivity contribution is 5.85. The Morgan fingerprint density at radius 2 is 1.86 bits per heavy atom. The van der Waals surface area contributed by atoms with Crippen molar-refractivity contribution in [3.63, 3.8) is 0 Å². The molecule has 3 rings (SSSR count). The van der Waals surface area contributed by atoms with Crippen LogP contribution in [0.4, 0.5) is 0 Å². The summed E-state index contributed by atoms with van der Waals surface area (Å²) in [5.41, 5.74) is 5.97. The Morgan fingerprint density at radius 3 is 2.48 bits per heavy atom. The summed E-state index contributed by atoms with van der Waals surface area (Å²) < 4.78 is 0. The number of amides is 1. The van der Waals surface area contributed by atoms with Gasteiger partial charge in [-0.15, -0.1) is 24.8 Å². The summed E-state index contributed by atoms with van der Waals surface area (Å²) in [5.74, 6) is 0.416. The van der Waals surface area contributed by atoms with Gasteiger partial charge in [0, 0.05) is 36.6 Å². The highest BCUT2D eigenvalue weighted by atomic mass is 35.5. The molecule has 0 aromatic rings. The molecule has 3 fully saturated rings. The Bertz CT molecular complexity index is 352. The molecule has 1 aliphatic heterocycles. The van der Waals surface area contributed by atoms with Crippen LogP contribution in [0.3, 0.4) is 0 Å². The highest BCUT2D eigenvalue weighted by Gasteiger charge is 2.39. The van der Waals surface area contributed by atoms with E-state index in [4.69, 9.17) is 5.73 Å². The molecule has 2 saturated carbocycles. The van der Waals surface area contributed by atoms with Gasteiger partial charge in [0.2, 0.25) is 5.91 Å². The van der Waals surface area contributed by atoms with Crippen LogP contribution in [0.15, 0.2) is 0 Å². The van der Waals surface area contributed by atoms with Crippen LogP contribution in [-0.4, -0.2) is 41.5 Å². The lowest BCUT2D eigenvalue weighted by Gasteiger charge is -2.27. The van der Waals surface area contributed by atoms with Crippen molar-refractivity contribution in [2.75, 3.05) is 6.54 Å². The Kier molecular flexibility index (Phi) is 7.25. The van der Waals surface area contributed by atoms with Crippen LogP contribution in [0.5, 0.6) is 0 Å². The third kappa shape index (κ3) is 4.72. The van der Waals surface area contributed by atoms with E-state index >= 15 is 0 Å². The molecule has 3 aliphatic rings. The molecule has 4 atom stereocenters. The van der Waals surface area contributed by atoms with Crippen molar-refractivity contribution in [1.82, 2.24) is 10.2 Å². The van der Waals surface area contributed by atoms with Gasteiger partial charge in [0.05, 0.1) is 0 Å². The fourth-order valence-corrected chi connectivity index (χ4v) is 3.86. The van der Waals surface area contributed by atoms with Crippen LogP contribution >= 0.6 is 24.8 Å². The van der Waals surface area contributed by atoms with Crippen LogP contribution < -0.4 is 11.1 Å². The number of rotatable bonds is 3. The molecular formula is C15H29Cl2N3O. The van der Waals surface area contributed by atoms with E-state index in [1.807, 2.05) is 0 Å². The quantitative estimate of drug-likeness (QED) is 0.828. The van der Waals surface area contributed by atoms with E-state index in [1.54, 1.807) is 0 Å². The van der Waals surface area contributed by atoms with E-state index in [2.05, 4.69) is 17.1 Å². The Morgan fingerprint density at radius 1 is 1.14 bits per heavy atom. The van der Waals surface area contributed by atoms with Crippen molar-refractivity contribution in [3.8, 4) is 0 Å². The third-order valence-corrected chi connectivity index (χ3v) is 5.07. The molecule has 6 heteroatoms. The lowest BCUT2D eigenvalue weighted by molar-refractivity contribution is -0.126. The molecule has 124 valence electrons. The normalized spacial score (nSPS) is 36.5. The first-order valence-electron chi connectivity index (χ1n) is 7.95. The predicted octanol–water partition coefficient (Wildman–Crippen LogP) is 2.09. The van der Waals surface area contributed by atoms with Crippen LogP contribution in [0, 0.1) is 5.92 Å². The summed E-state index contributed by atoms with van der Waals surface area (Å²) in [6.45, 7) is 3.34. The topological polar surface area (TPSA) is 58.4 Å². The first kappa shape index (κ1) is 19.0. The molecule has 4 nitrogen and oxygen atoms in total. The van der Waals surface area contributed by atoms with Gasteiger partial charge in [-0.25, -0.2) is 0 Å². The monoisotopic (exact) mass is 337 g/mol. The molecule has 0 radical (unpaired) electrons. The molecule has 0 aromatic carbocycles. The average molecular weight is 338 g/mol. The average Bonchev–Trinajstić information content (AvgIpc) is 3.14. The molecule has 1 amide bonds. The number of likely N-dealkylation sites (tertiary alicyclic amines) is 1. The van der Waals surface area contributed by atoms with Gasteiger partial charge < -0.3 is 11.1 Å². The zero-order valence-electron chi connectivity index (χ0n) is 12.8. The number of hydrogen-bond donors (Lipinski definition) is 2. The summed E-state index contributed by atoms with van der Waals surface area (Å²) in [6, 6.07) is 2.03. The van der Waals surface area contributed by atoms with Gasteiger partial charge in [-0.1, -0.05) is 6.42 Å². The number of hydrogen-bond acceptors (Lipinski definition) is 3. The predicted molar refractivity (Wildman–Crippen MR) is 90.2 cm³/mol. The second kappa shape index (κ2) is 8.00. The minimum atomic E-state index is 0. The van der Waals surface area contributed by atoms with Gasteiger partial charge in [-0.2, -0.15) is 0 Å². The molecule has 0 aromatic heterocycles. The molecule has 4 unspecified atom stereocenters. The van der Waals surface area contributed by atoms with E-state index in [-0.39, 0.29) is 42.7 Å². The lowest BCUT2D eigenvalue weighted by atomic mass is 9.85. The Labute approximate surface area is 140 Å². The van der Waals surface area contributed by atoms with E-state index in [1.165, 1.54) is 12.8 Å². The number of carbonyl (C=O) groups excluding carboxylic acids is 1. The molecule has 1 heterocycles. The third-order valence-electron chi connectivity index (χ3n) is 5.07. The SMILES string of the molecule is CC1CC(NC(=O)C2CCCC(N)C2)CN1C1CC1.Cl.Cl. The van der Waals surface area contributed by atoms with Crippen molar-refractivity contribution in [2.45, 2.75) is 76.0 Å². The minimum absolute atomic E-state index is 0. The Hall–Kier alpha value is -0.0300. The smallest absolute Gasteiger partial charge is 0.223 e. The summed E-state index contributed by atoms with van der Waals surface area (Å²) in [4.78, 5) is 14.9. The van der Waals surface area contributed by atoms with Crippen LogP contribution in [0.1, 0.15) is 51.9 Å². The first-order chi connectivity index (χ1) is 9.13. The van der Waals surface area contributed by atoms with E-state index < -0.39 is 0 Å². The van der Waals surface area contributed by atoms with Gasteiger partial charge in [0.1, 0.15) is 0 Å². The highest BCUT2D eigenvalue weighted by Crippen LogP contribution is 2.33. The van der Waals surface area contributed by atoms with Crippen molar-refractivity contribution in [3.05, 3.63) is 0 Å².